The lowest BCUT2D eigenvalue weighted by molar-refractivity contribution is -0.385. The molecule has 0 heterocycles. The summed E-state index contributed by atoms with van der Waals surface area (Å²) in [6.45, 7) is 6.29. The molecule has 0 spiro atoms. The first kappa shape index (κ1) is 24.4. The van der Waals surface area contributed by atoms with Crippen molar-refractivity contribution in [3.05, 3.63) is 70.0 Å². The Morgan fingerprint density at radius 2 is 1.66 bits per heavy atom. The number of carbonyl (C=O) groups excluding carboxylic acids is 2. The number of carboxylic acid groups (broad SMARTS) is 1. The Kier molecular flexibility index (Phi) is 7.29. The second kappa shape index (κ2) is 9.54. The van der Waals surface area contributed by atoms with E-state index in [-0.39, 0.29) is 6.42 Å². The third kappa shape index (κ3) is 4.90. The first-order valence-corrected chi connectivity index (χ1v) is 9.80. The molecule has 0 aliphatic heterocycles. The minimum atomic E-state index is -1.40. The Hall–Kier alpha value is -3.82. The number of benzene rings is 2. The number of anilines is 1. The number of hydrogen-bond acceptors (Lipinski definition) is 5. The van der Waals surface area contributed by atoms with Crippen LogP contribution in [0.2, 0.25) is 0 Å². The third-order valence-electron chi connectivity index (χ3n) is 4.76. The third-order valence-corrected chi connectivity index (χ3v) is 4.76. The largest absolute Gasteiger partial charge is 0.465 e. The van der Waals surface area contributed by atoms with Gasteiger partial charge in [0, 0.05) is 11.6 Å². The van der Waals surface area contributed by atoms with E-state index in [1.165, 1.54) is 30.3 Å². The van der Waals surface area contributed by atoms with Crippen molar-refractivity contribution in [3.63, 3.8) is 0 Å². The van der Waals surface area contributed by atoms with Gasteiger partial charge in [0.1, 0.15) is 17.4 Å². The average Bonchev–Trinajstić information content (AvgIpc) is 2.71. The summed E-state index contributed by atoms with van der Waals surface area (Å²) in [6.07, 6.45) is -1.42. The summed E-state index contributed by atoms with van der Waals surface area (Å²) in [6, 6.07) is 8.58. The van der Waals surface area contributed by atoms with Gasteiger partial charge in [-0.3, -0.25) is 24.6 Å². The van der Waals surface area contributed by atoms with Crippen molar-refractivity contribution in [2.24, 2.45) is 0 Å². The van der Waals surface area contributed by atoms with Crippen molar-refractivity contribution in [3.8, 4) is 0 Å². The summed E-state index contributed by atoms with van der Waals surface area (Å²) < 4.78 is 14.7. The summed E-state index contributed by atoms with van der Waals surface area (Å²) in [5, 5.41) is 21.2. The van der Waals surface area contributed by atoms with Crippen molar-refractivity contribution >= 4 is 29.3 Å². The van der Waals surface area contributed by atoms with E-state index in [2.05, 4.69) is 0 Å². The molecular formula is C22H24FN3O6. The predicted molar refractivity (Wildman–Crippen MR) is 115 cm³/mol. The lowest BCUT2D eigenvalue weighted by Crippen LogP contribution is -2.58. The van der Waals surface area contributed by atoms with Gasteiger partial charge in [-0.2, -0.15) is 0 Å². The molecule has 1 unspecified atom stereocenters. The summed E-state index contributed by atoms with van der Waals surface area (Å²) in [7, 11) is 0. The van der Waals surface area contributed by atoms with E-state index in [4.69, 9.17) is 0 Å². The van der Waals surface area contributed by atoms with Crippen molar-refractivity contribution in [2.45, 2.75) is 45.7 Å². The van der Waals surface area contributed by atoms with Crippen LogP contribution in [0.5, 0.6) is 0 Å². The molecule has 2 rings (SSSR count). The lowest BCUT2D eigenvalue weighted by atomic mass is 10.0. The zero-order valence-electron chi connectivity index (χ0n) is 18.1. The van der Waals surface area contributed by atoms with Crippen LogP contribution in [-0.2, 0) is 4.79 Å². The van der Waals surface area contributed by atoms with Gasteiger partial charge < -0.3 is 5.11 Å². The van der Waals surface area contributed by atoms with Crippen LogP contribution in [0.15, 0.2) is 48.5 Å². The molecule has 0 saturated carbocycles. The highest BCUT2D eigenvalue weighted by molar-refractivity contribution is 6.23. The molecule has 0 aliphatic rings. The maximum Gasteiger partial charge on any atom is 0.408 e. The highest BCUT2D eigenvalue weighted by Gasteiger charge is 2.42. The fraction of sp³-hybridized carbons (Fsp3) is 0.318. The van der Waals surface area contributed by atoms with Crippen LogP contribution in [0.3, 0.4) is 0 Å². The summed E-state index contributed by atoms with van der Waals surface area (Å²) >= 11 is 0. The van der Waals surface area contributed by atoms with Crippen LogP contribution in [0.1, 0.15) is 44.5 Å². The number of imide groups is 1. The number of nitro benzene ring substituents is 1. The molecule has 3 amide bonds. The molecule has 0 fully saturated rings. The average molecular weight is 445 g/mol. The maximum atomic E-state index is 14.7. The van der Waals surface area contributed by atoms with Gasteiger partial charge in [-0.15, -0.1) is 0 Å². The molecule has 10 heteroatoms. The zero-order chi connectivity index (χ0) is 24.2. The highest BCUT2D eigenvalue weighted by atomic mass is 19.1. The van der Waals surface area contributed by atoms with E-state index in [0.717, 1.165) is 23.1 Å². The molecule has 1 N–H and O–H groups in total. The van der Waals surface area contributed by atoms with Gasteiger partial charge in [0.05, 0.1) is 10.6 Å². The number of nitro groups is 1. The molecule has 0 saturated heterocycles. The van der Waals surface area contributed by atoms with Crippen LogP contribution in [0, 0.1) is 15.9 Å². The molecule has 0 bridgehead atoms. The van der Waals surface area contributed by atoms with Crippen LogP contribution in [0.4, 0.5) is 20.6 Å². The number of halogens is 1. The highest BCUT2D eigenvalue weighted by Crippen LogP contribution is 2.29. The second-order valence-corrected chi connectivity index (χ2v) is 7.95. The van der Waals surface area contributed by atoms with Gasteiger partial charge in [0.15, 0.2) is 0 Å². The van der Waals surface area contributed by atoms with Crippen molar-refractivity contribution in [1.29, 1.82) is 0 Å². The smallest absolute Gasteiger partial charge is 0.408 e. The topological polar surface area (TPSA) is 121 Å². The quantitative estimate of drug-likeness (QED) is 0.517. The van der Waals surface area contributed by atoms with Crippen LogP contribution >= 0.6 is 0 Å². The zero-order valence-corrected chi connectivity index (χ0v) is 18.1. The van der Waals surface area contributed by atoms with E-state index in [1.807, 2.05) is 0 Å². The van der Waals surface area contributed by atoms with Crippen LogP contribution in [0.25, 0.3) is 0 Å². The van der Waals surface area contributed by atoms with Crippen LogP contribution in [-0.4, -0.2) is 44.4 Å². The molecule has 1 atom stereocenters. The van der Waals surface area contributed by atoms with E-state index in [1.54, 1.807) is 27.7 Å². The monoisotopic (exact) mass is 445 g/mol. The van der Waals surface area contributed by atoms with Gasteiger partial charge in [-0.25, -0.2) is 14.1 Å². The fourth-order valence-electron chi connectivity index (χ4n) is 3.40. The predicted octanol–water partition coefficient (Wildman–Crippen LogP) is 4.46. The Morgan fingerprint density at radius 1 is 1.09 bits per heavy atom. The SMILES string of the molecule is CCC(C(=O)N(C(=O)c1ccccc1[N+](=O)[O-])c1ccccc1F)N(C(=O)O)C(C)(C)C. The molecule has 0 radical (unpaired) electrons. The van der Waals surface area contributed by atoms with E-state index >= 15 is 0 Å². The van der Waals surface area contributed by atoms with Gasteiger partial charge in [-0.05, 0) is 45.4 Å². The number of carbonyl (C=O) groups is 3. The Labute approximate surface area is 184 Å². The number of nitrogens with zero attached hydrogens (tertiary/aromatic N) is 3. The molecule has 2 aromatic rings. The molecule has 0 aliphatic carbocycles. The molecule has 32 heavy (non-hydrogen) atoms. The molecule has 0 aromatic heterocycles. The number of amides is 3. The fourth-order valence-corrected chi connectivity index (χ4v) is 3.40. The summed E-state index contributed by atoms with van der Waals surface area (Å²) in [5.41, 5.74) is -2.45. The number of para-hydroxylation sites is 2. The minimum Gasteiger partial charge on any atom is -0.465 e. The number of rotatable bonds is 6. The van der Waals surface area contributed by atoms with E-state index in [0.29, 0.717) is 4.90 Å². The summed E-state index contributed by atoms with van der Waals surface area (Å²) in [5.74, 6) is -3.07. The van der Waals surface area contributed by atoms with E-state index in [9.17, 15) is 34.0 Å². The maximum absolute atomic E-state index is 14.7. The molecule has 170 valence electrons. The van der Waals surface area contributed by atoms with Gasteiger partial charge in [-0.1, -0.05) is 31.2 Å². The van der Waals surface area contributed by atoms with Crippen molar-refractivity contribution in [2.75, 3.05) is 4.90 Å². The van der Waals surface area contributed by atoms with Gasteiger partial charge >= 0.3 is 6.09 Å². The normalized spacial score (nSPS) is 12.0. The molecule has 9 nitrogen and oxygen atoms in total. The molecular weight excluding hydrogens is 421 g/mol. The van der Waals surface area contributed by atoms with Crippen molar-refractivity contribution in [1.82, 2.24) is 4.90 Å². The number of hydrogen-bond donors (Lipinski definition) is 1. The first-order chi connectivity index (χ1) is 14.9. The van der Waals surface area contributed by atoms with E-state index < -0.39 is 57.2 Å². The Bertz CT molecular complexity index is 1050. The molecule has 2 aromatic carbocycles. The second-order valence-electron chi connectivity index (χ2n) is 7.95. The van der Waals surface area contributed by atoms with Crippen LogP contribution < -0.4 is 4.90 Å². The summed E-state index contributed by atoms with van der Waals surface area (Å²) in [4.78, 5) is 51.0. The van der Waals surface area contributed by atoms with Gasteiger partial charge in [0.25, 0.3) is 17.5 Å². The Morgan fingerprint density at radius 3 is 2.16 bits per heavy atom. The minimum absolute atomic E-state index is 0.0164. The first-order valence-electron chi connectivity index (χ1n) is 9.80. The van der Waals surface area contributed by atoms with Crippen molar-refractivity contribution < 1.29 is 28.8 Å². The van der Waals surface area contributed by atoms with Gasteiger partial charge in [0.2, 0.25) is 0 Å². The Balaban J connectivity index is 2.72. The standard InChI is InChI=1S/C22H24FN3O6/c1-5-16(25(21(29)30)22(2,3)4)20(28)24(18-13-9-7-11-15(18)23)19(27)14-10-6-8-12-17(14)26(31)32/h6-13,16H,5H2,1-4H3,(H,29,30). The lowest BCUT2D eigenvalue weighted by Gasteiger charge is -2.40.